The average Bonchev–Trinajstić information content (AvgIpc) is 3.17. The van der Waals surface area contributed by atoms with Gasteiger partial charge in [-0.1, -0.05) is 30.3 Å². The number of ether oxygens (including phenoxy) is 1. The number of unbranched alkanes of at least 4 members (excludes halogenated alkanes) is 1. The summed E-state index contributed by atoms with van der Waals surface area (Å²) in [4.78, 5) is 7.23. The molecule has 0 saturated heterocycles. The van der Waals surface area contributed by atoms with Crippen LogP contribution >= 0.6 is 0 Å². The van der Waals surface area contributed by atoms with E-state index in [0.29, 0.717) is 0 Å². The maximum absolute atomic E-state index is 13.2. The van der Waals surface area contributed by atoms with Crippen LogP contribution in [0, 0.1) is 5.82 Å². The molecule has 0 fully saturated rings. The SMILES string of the molecule is COc1cccc(CCCC=C(c2ccc(F)cc2)c2cnc[nH]2)c1. The largest absolute Gasteiger partial charge is 0.497 e. The molecule has 0 saturated carbocycles. The van der Waals surface area contributed by atoms with Crippen LogP contribution in [0.3, 0.4) is 0 Å². The number of hydrogen-bond acceptors (Lipinski definition) is 2. The van der Waals surface area contributed by atoms with Crippen LogP contribution in [-0.2, 0) is 6.42 Å². The number of allylic oxidation sites excluding steroid dienone is 1. The number of rotatable bonds is 7. The first-order chi connectivity index (χ1) is 12.3. The Morgan fingerprint density at radius 3 is 2.76 bits per heavy atom. The molecule has 0 unspecified atom stereocenters. The first-order valence-corrected chi connectivity index (χ1v) is 8.34. The molecule has 0 aliphatic heterocycles. The van der Waals surface area contributed by atoms with E-state index in [9.17, 15) is 4.39 Å². The Bertz CT molecular complexity index is 823. The summed E-state index contributed by atoms with van der Waals surface area (Å²) in [6, 6.07) is 14.7. The second-order valence-electron chi connectivity index (χ2n) is 5.83. The van der Waals surface area contributed by atoms with Gasteiger partial charge in [-0.25, -0.2) is 9.37 Å². The average molecular weight is 336 g/mol. The highest BCUT2D eigenvalue weighted by molar-refractivity contribution is 5.77. The number of benzene rings is 2. The number of halogens is 1. The number of aromatic amines is 1. The summed E-state index contributed by atoms with van der Waals surface area (Å²) in [7, 11) is 1.68. The standard InChI is InChI=1S/C21H21FN2O/c1-25-19-7-4-6-16(13-19)5-2-3-8-20(21-14-23-15-24-21)17-9-11-18(22)12-10-17/h4,6-15H,2-3,5H2,1H3,(H,23,24). The molecular formula is C21H21FN2O. The highest BCUT2D eigenvalue weighted by Crippen LogP contribution is 2.23. The zero-order valence-corrected chi connectivity index (χ0v) is 14.2. The number of H-pyrrole nitrogens is 1. The molecule has 3 aromatic rings. The minimum atomic E-state index is -0.231. The van der Waals surface area contributed by atoms with Crippen LogP contribution in [-0.4, -0.2) is 17.1 Å². The molecule has 1 aromatic heterocycles. The molecule has 0 aliphatic rings. The van der Waals surface area contributed by atoms with E-state index in [1.807, 2.05) is 12.1 Å². The van der Waals surface area contributed by atoms with Crippen molar-refractivity contribution in [2.24, 2.45) is 0 Å². The van der Waals surface area contributed by atoms with Crippen molar-refractivity contribution in [2.75, 3.05) is 7.11 Å². The lowest BCUT2D eigenvalue weighted by Gasteiger charge is -2.07. The molecule has 0 aliphatic carbocycles. The zero-order valence-electron chi connectivity index (χ0n) is 14.2. The normalized spacial score (nSPS) is 11.5. The summed E-state index contributed by atoms with van der Waals surface area (Å²) in [5, 5.41) is 0. The van der Waals surface area contributed by atoms with Gasteiger partial charge in [-0.3, -0.25) is 0 Å². The van der Waals surface area contributed by atoms with Gasteiger partial charge in [0.25, 0.3) is 0 Å². The van der Waals surface area contributed by atoms with Gasteiger partial charge in [0.1, 0.15) is 11.6 Å². The second-order valence-corrected chi connectivity index (χ2v) is 5.83. The maximum atomic E-state index is 13.2. The summed E-state index contributed by atoms with van der Waals surface area (Å²) in [5.74, 6) is 0.656. The van der Waals surface area contributed by atoms with E-state index in [0.717, 1.165) is 41.8 Å². The second kappa shape index (κ2) is 8.29. The molecular weight excluding hydrogens is 315 g/mol. The van der Waals surface area contributed by atoms with Crippen molar-refractivity contribution in [2.45, 2.75) is 19.3 Å². The fraction of sp³-hybridized carbons (Fsp3) is 0.190. The van der Waals surface area contributed by atoms with E-state index in [4.69, 9.17) is 4.74 Å². The highest BCUT2D eigenvalue weighted by Gasteiger charge is 2.06. The Hall–Kier alpha value is -2.88. The van der Waals surface area contributed by atoms with Gasteiger partial charge < -0.3 is 9.72 Å². The van der Waals surface area contributed by atoms with Gasteiger partial charge in [0.05, 0.1) is 25.3 Å². The molecule has 4 heteroatoms. The van der Waals surface area contributed by atoms with Crippen LogP contribution in [0.15, 0.2) is 67.1 Å². The maximum Gasteiger partial charge on any atom is 0.123 e. The first kappa shape index (κ1) is 17.0. The van der Waals surface area contributed by atoms with Crippen LogP contribution in [0.25, 0.3) is 5.57 Å². The van der Waals surface area contributed by atoms with E-state index < -0.39 is 0 Å². The molecule has 25 heavy (non-hydrogen) atoms. The number of methoxy groups -OCH3 is 1. The van der Waals surface area contributed by atoms with Gasteiger partial charge >= 0.3 is 0 Å². The fourth-order valence-corrected chi connectivity index (χ4v) is 2.80. The lowest BCUT2D eigenvalue weighted by Crippen LogP contribution is -1.91. The number of imidazole rings is 1. The monoisotopic (exact) mass is 336 g/mol. The van der Waals surface area contributed by atoms with E-state index in [1.54, 1.807) is 31.8 Å². The molecule has 0 bridgehead atoms. The van der Waals surface area contributed by atoms with E-state index in [-0.39, 0.29) is 5.82 Å². The molecule has 2 aromatic carbocycles. The Labute approximate surface area is 147 Å². The molecule has 0 amide bonds. The zero-order chi connectivity index (χ0) is 17.5. The van der Waals surface area contributed by atoms with Gasteiger partial charge in [0.15, 0.2) is 0 Å². The molecule has 0 radical (unpaired) electrons. The van der Waals surface area contributed by atoms with Gasteiger partial charge in [-0.15, -0.1) is 0 Å². The summed E-state index contributed by atoms with van der Waals surface area (Å²) in [6.45, 7) is 0. The third kappa shape index (κ3) is 4.57. The number of nitrogens with one attached hydrogen (secondary N) is 1. The van der Waals surface area contributed by atoms with Crippen LogP contribution in [0.5, 0.6) is 5.75 Å². The minimum Gasteiger partial charge on any atom is -0.497 e. The Morgan fingerprint density at radius 2 is 2.04 bits per heavy atom. The van der Waals surface area contributed by atoms with Crippen molar-refractivity contribution in [3.8, 4) is 5.75 Å². The van der Waals surface area contributed by atoms with E-state index in [1.165, 1.54) is 17.7 Å². The lowest BCUT2D eigenvalue weighted by molar-refractivity contribution is 0.414. The third-order valence-corrected chi connectivity index (χ3v) is 4.10. The van der Waals surface area contributed by atoms with Gasteiger partial charge in [-0.05, 0) is 54.7 Å². The molecule has 1 N–H and O–H groups in total. The molecule has 1 heterocycles. The molecule has 128 valence electrons. The van der Waals surface area contributed by atoms with Crippen molar-refractivity contribution in [3.63, 3.8) is 0 Å². The number of aromatic nitrogens is 2. The van der Waals surface area contributed by atoms with Crippen molar-refractivity contribution >= 4 is 5.57 Å². The van der Waals surface area contributed by atoms with Crippen LogP contribution in [0.4, 0.5) is 4.39 Å². The van der Waals surface area contributed by atoms with Crippen LogP contribution < -0.4 is 4.74 Å². The predicted molar refractivity (Wildman–Crippen MR) is 98.0 cm³/mol. The number of nitrogens with zero attached hydrogens (tertiary/aromatic N) is 1. The fourth-order valence-electron chi connectivity index (χ4n) is 2.80. The van der Waals surface area contributed by atoms with Gasteiger partial charge in [0, 0.05) is 5.57 Å². The summed E-state index contributed by atoms with van der Waals surface area (Å²) >= 11 is 0. The predicted octanol–water partition coefficient (Wildman–Crippen LogP) is 5.01. The van der Waals surface area contributed by atoms with Crippen LogP contribution in [0.2, 0.25) is 0 Å². The first-order valence-electron chi connectivity index (χ1n) is 8.34. The summed E-state index contributed by atoms with van der Waals surface area (Å²) in [6.07, 6.45) is 8.55. The van der Waals surface area contributed by atoms with Gasteiger partial charge in [-0.2, -0.15) is 0 Å². The Balaban J connectivity index is 1.70. The third-order valence-electron chi connectivity index (χ3n) is 4.10. The number of aryl methyl sites for hydroxylation is 1. The minimum absolute atomic E-state index is 0.231. The highest BCUT2D eigenvalue weighted by atomic mass is 19.1. The Kier molecular flexibility index (Phi) is 5.62. The molecule has 3 rings (SSSR count). The quantitative estimate of drug-likeness (QED) is 0.616. The molecule has 0 spiro atoms. The van der Waals surface area contributed by atoms with Crippen molar-refractivity contribution < 1.29 is 9.13 Å². The Morgan fingerprint density at radius 1 is 1.20 bits per heavy atom. The lowest BCUT2D eigenvalue weighted by atomic mass is 10.00. The number of hydrogen-bond donors (Lipinski definition) is 1. The van der Waals surface area contributed by atoms with Crippen molar-refractivity contribution in [1.29, 1.82) is 0 Å². The van der Waals surface area contributed by atoms with Gasteiger partial charge in [0.2, 0.25) is 0 Å². The van der Waals surface area contributed by atoms with Crippen LogP contribution in [0.1, 0.15) is 29.7 Å². The smallest absolute Gasteiger partial charge is 0.123 e. The van der Waals surface area contributed by atoms with E-state index in [2.05, 4.69) is 28.2 Å². The summed E-state index contributed by atoms with van der Waals surface area (Å²) in [5.41, 5.74) is 4.22. The summed E-state index contributed by atoms with van der Waals surface area (Å²) < 4.78 is 18.5. The van der Waals surface area contributed by atoms with E-state index >= 15 is 0 Å². The molecule has 0 atom stereocenters. The van der Waals surface area contributed by atoms with Crippen molar-refractivity contribution in [3.05, 3.63) is 89.8 Å². The molecule has 3 nitrogen and oxygen atoms in total. The topological polar surface area (TPSA) is 37.9 Å². The van der Waals surface area contributed by atoms with Crippen molar-refractivity contribution in [1.82, 2.24) is 9.97 Å².